The number of rotatable bonds is 5. The Bertz CT molecular complexity index is 717. The Balaban J connectivity index is 0.00000210. The van der Waals surface area contributed by atoms with Gasteiger partial charge in [-0.1, -0.05) is 18.6 Å². The zero-order valence-electron chi connectivity index (χ0n) is 15.6. The molecule has 0 spiro atoms. The molecule has 27 heavy (non-hydrogen) atoms. The number of nitrogens with one attached hydrogen (secondary N) is 1. The maximum atomic E-state index is 12.6. The fourth-order valence-electron chi connectivity index (χ4n) is 4.71. The maximum Gasteiger partial charge on any atom is 0.223 e. The molecule has 2 fully saturated rings. The third kappa shape index (κ3) is 4.53. The molecule has 0 radical (unpaired) electrons. The van der Waals surface area contributed by atoms with Crippen molar-refractivity contribution in [3.8, 4) is 5.69 Å². The number of amides is 1. The molecule has 0 aliphatic heterocycles. The highest BCUT2D eigenvalue weighted by atomic mass is 35.5. The molecular formula is C21H29ClN4O. The van der Waals surface area contributed by atoms with Gasteiger partial charge in [0.05, 0.1) is 5.69 Å². The fraction of sp³-hybridized carbons (Fsp3) is 0.524. The zero-order chi connectivity index (χ0) is 17.9. The molecule has 2 bridgehead atoms. The normalized spacial score (nSPS) is 26.9. The summed E-state index contributed by atoms with van der Waals surface area (Å²) >= 11 is 0. The van der Waals surface area contributed by atoms with Crippen LogP contribution in [0.2, 0.25) is 0 Å². The molecule has 2 unspecified atom stereocenters. The van der Waals surface area contributed by atoms with Crippen molar-refractivity contribution >= 4 is 18.3 Å². The number of halogens is 1. The SMILES string of the molecule is Cl.NC1C2CCCC1CC(C(=O)NCCc1ccc(-n3cccn3)cc1)C2. The van der Waals surface area contributed by atoms with Gasteiger partial charge in [-0.05, 0) is 67.7 Å². The van der Waals surface area contributed by atoms with E-state index < -0.39 is 0 Å². The number of nitrogens with zero attached hydrogens (tertiary/aromatic N) is 2. The van der Waals surface area contributed by atoms with E-state index in [4.69, 9.17) is 5.73 Å². The zero-order valence-corrected chi connectivity index (χ0v) is 16.4. The Morgan fingerprint density at radius 3 is 2.52 bits per heavy atom. The molecule has 2 aliphatic rings. The molecule has 1 aromatic heterocycles. The molecular weight excluding hydrogens is 360 g/mol. The summed E-state index contributed by atoms with van der Waals surface area (Å²) < 4.78 is 1.84. The predicted octanol–water partition coefficient (Wildman–Crippen LogP) is 3.11. The topological polar surface area (TPSA) is 72.9 Å². The number of carbonyl (C=O) groups is 1. The van der Waals surface area contributed by atoms with Crippen LogP contribution in [0.15, 0.2) is 42.7 Å². The first-order valence-corrected chi connectivity index (χ1v) is 9.83. The Hall–Kier alpha value is -1.85. The summed E-state index contributed by atoms with van der Waals surface area (Å²) in [5, 5.41) is 7.38. The Labute approximate surface area is 167 Å². The van der Waals surface area contributed by atoms with E-state index in [2.05, 4.69) is 34.7 Å². The second kappa shape index (κ2) is 8.89. The molecule has 1 aromatic carbocycles. The van der Waals surface area contributed by atoms with E-state index in [0.29, 0.717) is 24.4 Å². The van der Waals surface area contributed by atoms with E-state index in [-0.39, 0.29) is 24.2 Å². The smallest absolute Gasteiger partial charge is 0.223 e. The number of carbonyl (C=O) groups excluding carboxylic acids is 1. The monoisotopic (exact) mass is 388 g/mol. The molecule has 3 N–H and O–H groups in total. The van der Waals surface area contributed by atoms with Crippen LogP contribution in [0.5, 0.6) is 0 Å². The lowest BCUT2D eigenvalue weighted by Gasteiger charge is -2.43. The van der Waals surface area contributed by atoms with Gasteiger partial charge in [-0.3, -0.25) is 4.79 Å². The van der Waals surface area contributed by atoms with Crippen LogP contribution < -0.4 is 11.1 Å². The quantitative estimate of drug-likeness (QED) is 0.826. The van der Waals surface area contributed by atoms with Crippen LogP contribution in [-0.2, 0) is 11.2 Å². The van der Waals surface area contributed by atoms with Crippen molar-refractivity contribution in [2.24, 2.45) is 23.5 Å². The number of benzene rings is 1. The van der Waals surface area contributed by atoms with Gasteiger partial charge in [-0.2, -0.15) is 5.10 Å². The number of fused-ring (bicyclic) bond motifs is 2. The molecule has 4 rings (SSSR count). The number of aromatic nitrogens is 2. The van der Waals surface area contributed by atoms with E-state index in [9.17, 15) is 4.79 Å². The lowest BCUT2D eigenvalue weighted by atomic mass is 9.65. The molecule has 6 heteroatoms. The molecule has 2 aromatic rings. The summed E-state index contributed by atoms with van der Waals surface area (Å²) in [5.41, 5.74) is 8.61. The van der Waals surface area contributed by atoms with Gasteiger partial charge >= 0.3 is 0 Å². The Morgan fingerprint density at radius 1 is 1.19 bits per heavy atom. The van der Waals surface area contributed by atoms with Gasteiger partial charge in [0.1, 0.15) is 0 Å². The van der Waals surface area contributed by atoms with Crippen molar-refractivity contribution in [2.75, 3.05) is 6.54 Å². The number of hydrogen-bond acceptors (Lipinski definition) is 3. The standard InChI is InChI=1S/C21H28N4O.ClH/c22-20-16-3-1-4-17(20)14-18(13-16)21(26)23-11-9-15-5-7-19(8-6-15)25-12-2-10-24-25;/h2,5-8,10,12,16-18,20H,1,3-4,9,11,13-14,22H2,(H,23,26);1H. The van der Waals surface area contributed by atoms with Gasteiger partial charge < -0.3 is 11.1 Å². The minimum Gasteiger partial charge on any atom is -0.356 e. The minimum atomic E-state index is 0. The molecule has 2 aliphatic carbocycles. The van der Waals surface area contributed by atoms with E-state index in [1.165, 1.54) is 24.8 Å². The van der Waals surface area contributed by atoms with Crippen LogP contribution in [0.25, 0.3) is 5.69 Å². The summed E-state index contributed by atoms with van der Waals surface area (Å²) in [6.07, 6.45) is 10.2. The average molecular weight is 389 g/mol. The van der Waals surface area contributed by atoms with Gasteiger partial charge in [0.25, 0.3) is 0 Å². The highest BCUT2D eigenvalue weighted by Crippen LogP contribution is 2.41. The molecule has 1 amide bonds. The minimum absolute atomic E-state index is 0. The van der Waals surface area contributed by atoms with Crippen LogP contribution in [0.1, 0.15) is 37.7 Å². The molecule has 146 valence electrons. The van der Waals surface area contributed by atoms with Crippen molar-refractivity contribution in [3.63, 3.8) is 0 Å². The molecule has 2 saturated carbocycles. The van der Waals surface area contributed by atoms with Crippen molar-refractivity contribution in [1.29, 1.82) is 0 Å². The van der Waals surface area contributed by atoms with Gasteiger partial charge in [0, 0.05) is 30.9 Å². The summed E-state index contributed by atoms with van der Waals surface area (Å²) in [7, 11) is 0. The second-order valence-corrected chi connectivity index (χ2v) is 7.85. The summed E-state index contributed by atoms with van der Waals surface area (Å²) in [5.74, 6) is 1.48. The van der Waals surface area contributed by atoms with Crippen LogP contribution in [-0.4, -0.2) is 28.3 Å². The first kappa shape index (κ1) is 19.9. The number of nitrogens with two attached hydrogens (primary N) is 1. The number of hydrogen-bond donors (Lipinski definition) is 2. The van der Waals surface area contributed by atoms with Gasteiger partial charge in [0.15, 0.2) is 0 Å². The first-order valence-electron chi connectivity index (χ1n) is 9.83. The van der Waals surface area contributed by atoms with Crippen molar-refractivity contribution < 1.29 is 4.79 Å². The van der Waals surface area contributed by atoms with Crippen LogP contribution in [0.3, 0.4) is 0 Å². The third-order valence-electron chi connectivity index (χ3n) is 6.20. The van der Waals surface area contributed by atoms with Gasteiger partial charge in [0.2, 0.25) is 5.91 Å². The van der Waals surface area contributed by atoms with E-state index in [1.807, 2.05) is 16.9 Å². The largest absolute Gasteiger partial charge is 0.356 e. The summed E-state index contributed by atoms with van der Waals surface area (Å²) in [6, 6.07) is 10.6. The second-order valence-electron chi connectivity index (χ2n) is 7.85. The Morgan fingerprint density at radius 2 is 1.89 bits per heavy atom. The highest BCUT2D eigenvalue weighted by Gasteiger charge is 2.40. The van der Waals surface area contributed by atoms with Gasteiger partial charge in [-0.15, -0.1) is 12.4 Å². The predicted molar refractivity (Wildman–Crippen MR) is 109 cm³/mol. The van der Waals surface area contributed by atoms with E-state index in [1.54, 1.807) is 6.20 Å². The van der Waals surface area contributed by atoms with Crippen molar-refractivity contribution in [2.45, 2.75) is 44.6 Å². The molecule has 1 heterocycles. The fourth-order valence-corrected chi connectivity index (χ4v) is 4.71. The maximum absolute atomic E-state index is 12.6. The van der Waals surface area contributed by atoms with Gasteiger partial charge in [-0.25, -0.2) is 4.68 Å². The summed E-state index contributed by atoms with van der Waals surface area (Å²) in [6.45, 7) is 0.692. The molecule has 2 atom stereocenters. The lowest BCUT2D eigenvalue weighted by Crippen LogP contribution is -2.49. The third-order valence-corrected chi connectivity index (χ3v) is 6.20. The van der Waals surface area contributed by atoms with Crippen LogP contribution in [0, 0.1) is 17.8 Å². The van der Waals surface area contributed by atoms with E-state index in [0.717, 1.165) is 24.9 Å². The molecule has 0 saturated heterocycles. The summed E-state index contributed by atoms with van der Waals surface area (Å²) in [4.78, 5) is 12.6. The van der Waals surface area contributed by atoms with Crippen LogP contribution >= 0.6 is 12.4 Å². The van der Waals surface area contributed by atoms with Crippen molar-refractivity contribution in [3.05, 3.63) is 48.3 Å². The molecule has 5 nitrogen and oxygen atoms in total. The van der Waals surface area contributed by atoms with E-state index >= 15 is 0 Å². The van der Waals surface area contributed by atoms with Crippen LogP contribution in [0.4, 0.5) is 0 Å². The Kier molecular flexibility index (Phi) is 6.55. The van der Waals surface area contributed by atoms with Crippen molar-refractivity contribution in [1.82, 2.24) is 15.1 Å². The highest BCUT2D eigenvalue weighted by molar-refractivity contribution is 5.85. The average Bonchev–Trinajstić information content (AvgIpc) is 3.16. The lowest BCUT2D eigenvalue weighted by molar-refractivity contribution is -0.127. The first-order chi connectivity index (χ1) is 12.7.